The number of hydrogen-bond acceptors (Lipinski definition) is 4. The van der Waals surface area contributed by atoms with Crippen LogP contribution in [-0.4, -0.2) is 30.5 Å². The Hall–Kier alpha value is -1.76. The predicted molar refractivity (Wildman–Crippen MR) is 109 cm³/mol. The van der Waals surface area contributed by atoms with E-state index in [-0.39, 0.29) is 5.25 Å². The normalized spacial score (nSPS) is 12.9. The van der Waals surface area contributed by atoms with Crippen molar-refractivity contribution in [3.8, 4) is 17.1 Å². The molecule has 136 valence electrons. The van der Waals surface area contributed by atoms with Gasteiger partial charge in [0.2, 0.25) is 0 Å². The molecule has 0 aliphatic carbocycles. The molecule has 0 spiro atoms. The van der Waals surface area contributed by atoms with Crippen LogP contribution in [0.2, 0.25) is 5.02 Å². The molecule has 3 rings (SSSR count). The van der Waals surface area contributed by atoms with Crippen molar-refractivity contribution in [3.05, 3.63) is 65.4 Å². The lowest BCUT2D eigenvalue weighted by Crippen LogP contribution is -1.99. The maximum Gasteiger partial charge on any atom is 0.175 e. The van der Waals surface area contributed by atoms with E-state index in [1.807, 2.05) is 41.3 Å². The zero-order valence-corrected chi connectivity index (χ0v) is 17.1. The Kier molecular flexibility index (Phi) is 5.46. The summed E-state index contributed by atoms with van der Waals surface area (Å²) in [6.45, 7) is 2.11. The molecule has 7 heteroatoms. The van der Waals surface area contributed by atoms with Gasteiger partial charge in [-0.1, -0.05) is 11.6 Å². The van der Waals surface area contributed by atoms with Gasteiger partial charge in [0.25, 0.3) is 0 Å². The molecule has 1 heterocycles. The summed E-state index contributed by atoms with van der Waals surface area (Å²) in [5.74, 6) is 0.796. The molecule has 0 aliphatic rings. The molecule has 1 atom stereocenters. The molecule has 2 aromatic carbocycles. The first-order chi connectivity index (χ1) is 12.3. The van der Waals surface area contributed by atoms with Gasteiger partial charge in [-0.05, 0) is 61.7 Å². The largest absolute Gasteiger partial charge is 0.299 e. The van der Waals surface area contributed by atoms with Crippen molar-refractivity contribution in [2.24, 2.45) is 0 Å². The highest BCUT2D eigenvalue weighted by Gasteiger charge is 2.16. The molecule has 0 aliphatic heterocycles. The van der Waals surface area contributed by atoms with Crippen molar-refractivity contribution in [2.45, 2.75) is 17.1 Å². The number of benzene rings is 2. The van der Waals surface area contributed by atoms with Gasteiger partial charge in [0, 0.05) is 34.0 Å². The second kappa shape index (κ2) is 7.47. The van der Waals surface area contributed by atoms with Gasteiger partial charge in [-0.2, -0.15) is 11.8 Å². The zero-order chi connectivity index (χ0) is 18.9. The summed E-state index contributed by atoms with van der Waals surface area (Å²) in [4.78, 5) is 5.11. The van der Waals surface area contributed by atoms with Gasteiger partial charge in [-0.3, -0.25) is 4.57 Å². The van der Waals surface area contributed by atoms with Crippen LogP contribution in [0.1, 0.15) is 17.9 Å². The Labute approximate surface area is 163 Å². The van der Waals surface area contributed by atoms with E-state index < -0.39 is 9.84 Å². The third-order valence-electron chi connectivity index (χ3n) is 4.14. The van der Waals surface area contributed by atoms with Crippen LogP contribution < -0.4 is 0 Å². The third kappa shape index (κ3) is 3.98. The Bertz CT molecular complexity index is 1010. The summed E-state index contributed by atoms with van der Waals surface area (Å²) in [6.07, 6.45) is 5.25. The molecular formula is C19H19ClN2O2S2. The van der Waals surface area contributed by atoms with Gasteiger partial charge in [-0.15, -0.1) is 0 Å². The van der Waals surface area contributed by atoms with Crippen LogP contribution in [0.5, 0.6) is 0 Å². The highest BCUT2D eigenvalue weighted by atomic mass is 35.5. The highest BCUT2D eigenvalue weighted by molar-refractivity contribution is 7.98. The summed E-state index contributed by atoms with van der Waals surface area (Å²) in [6, 6.07) is 14.4. The minimum atomic E-state index is -3.22. The zero-order valence-electron chi connectivity index (χ0n) is 14.7. The fraction of sp³-hybridized carbons (Fsp3) is 0.211. The van der Waals surface area contributed by atoms with Crippen molar-refractivity contribution in [1.29, 1.82) is 0 Å². The number of aromatic nitrogens is 2. The Morgan fingerprint density at radius 1 is 1.08 bits per heavy atom. The van der Waals surface area contributed by atoms with Crippen molar-refractivity contribution in [3.63, 3.8) is 0 Å². The van der Waals surface area contributed by atoms with Gasteiger partial charge in [-0.25, -0.2) is 13.4 Å². The lowest BCUT2D eigenvalue weighted by molar-refractivity contribution is 0.602. The van der Waals surface area contributed by atoms with E-state index in [1.165, 1.54) is 6.26 Å². The first kappa shape index (κ1) is 19.0. The number of sulfone groups is 1. The molecule has 1 aromatic heterocycles. The minimum absolute atomic E-state index is 0.248. The van der Waals surface area contributed by atoms with Crippen LogP contribution in [0, 0.1) is 0 Å². The highest BCUT2D eigenvalue weighted by Crippen LogP contribution is 2.31. The molecule has 1 unspecified atom stereocenters. The first-order valence-electron chi connectivity index (χ1n) is 7.98. The van der Waals surface area contributed by atoms with Crippen molar-refractivity contribution in [2.75, 3.05) is 12.5 Å². The van der Waals surface area contributed by atoms with E-state index >= 15 is 0 Å². The Morgan fingerprint density at radius 3 is 2.23 bits per heavy atom. The number of halogens is 1. The van der Waals surface area contributed by atoms with Crippen LogP contribution in [0.25, 0.3) is 17.1 Å². The number of imidazole rings is 1. The van der Waals surface area contributed by atoms with Gasteiger partial charge in [0.05, 0.1) is 10.6 Å². The summed E-state index contributed by atoms with van der Waals surface area (Å²) >= 11 is 7.73. The summed E-state index contributed by atoms with van der Waals surface area (Å²) in [5.41, 5.74) is 2.77. The monoisotopic (exact) mass is 406 g/mol. The van der Waals surface area contributed by atoms with E-state index in [0.29, 0.717) is 9.92 Å². The van der Waals surface area contributed by atoms with Crippen LogP contribution >= 0.6 is 23.4 Å². The molecule has 0 radical (unpaired) electrons. The summed E-state index contributed by atoms with van der Waals surface area (Å²) < 4.78 is 25.4. The van der Waals surface area contributed by atoms with Crippen molar-refractivity contribution < 1.29 is 8.42 Å². The van der Waals surface area contributed by atoms with Crippen LogP contribution in [0.15, 0.2) is 59.6 Å². The summed E-state index contributed by atoms with van der Waals surface area (Å²) in [7, 11) is -3.22. The number of thioether (sulfide) groups is 1. The first-order valence-corrected chi connectivity index (χ1v) is 11.5. The van der Waals surface area contributed by atoms with Gasteiger partial charge < -0.3 is 0 Å². The standard InChI is InChI=1S/C19H19ClN2O2S2/c1-13(25-2)18-12-22(16-8-10-17(11-9-16)26(3,23)24)19(21-18)14-4-6-15(20)7-5-14/h4-13H,1-3H3. The van der Waals surface area contributed by atoms with E-state index in [2.05, 4.69) is 6.92 Å². The van der Waals surface area contributed by atoms with E-state index in [9.17, 15) is 8.42 Å². The van der Waals surface area contributed by atoms with Gasteiger partial charge in [0.1, 0.15) is 5.82 Å². The molecule has 0 amide bonds. The lowest BCUT2D eigenvalue weighted by Gasteiger charge is -2.09. The molecule has 0 bridgehead atoms. The molecular weight excluding hydrogens is 388 g/mol. The van der Waals surface area contributed by atoms with Crippen LogP contribution in [0.4, 0.5) is 0 Å². The molecule has 4 nitrogen and oxygen atoms in total. The molecule has 0 fully saturated rings. The maximum absolute atomic E-state index is 11.7. The fourth-order valence-electron chi connectivity index (χ4n) is 2.57. The average Bonchev–Trinajstić information content (AvgIpc) is 3.06. The Morgan fingerprint density at radius 2 is 1.69 bits per heavy atom. The van der Waals surface area contributed by atoms with E-state index in [4.69, 9.17) is 16.6 Å². The number of hydrogen-bond donors (Lipinski definition) is 0. The number of rotatable bonds is 5. The van der Waals surface area contributed by atoms with Crippen molar-refractivity contribution in [1.82, 2.24) is 9.55 Å². The fourth-order valence-corrected chi connectivity index (χ4v) is 3.68. The van der Waals surface area contributed by atoms with Crippen molar-refractivity contribution >= 4 is 33.2 Å². The minimum Gasteiger partial charge on any atom is -0.299 e. The summed E-state index contributed by atoms with van der Waals surface area (Å²) in [5, 5.41) is 0.916. The topological polar surface area (TPSA) is 52.0 Å². The smallest absolute Gasteiger partial charge is 0.175 e. The van der Waals surface area contributed by atoms with E-state index in [0.717, 1.165) is 22.8 Å². The molecule has 26 heavy (non-hydrogen) atoms. The van der Waals surface area contributed by atoms with Crippen LogP contribution in [0.3, 0.4) is 0 Å². The quantitative estimate of drug-likeness (QED) is 0.596. The maximum atomic E-state index is 11.7. The average molecular weight is 407 g/mol. The van der Waals surface area contributed by atoms with Gasteiger partial charge >= 0.3 is 0 Å². The molecule has 0 N–H and O–H groups in total. The predicted octanol–water partition coefficient (Wildman–Crippen LogP) is 5.02. The third-order valence-corrected chi connectivity index (χ3v) is 6.47. The molecule has 3 aromatic rings. The van der Waals surface area contributed by atoms with Crippen LogP contribution in [-0.2, 0) is 9.84 Å². The van der Waals surface area contributed by atoms with Gasteiger partial charge in [0.15, 0.2) is 9.84 Å². The lowest BCUT2D eigenvalue weighted by atomic mass is 10.2. The molecule has 0 saturated carbocycles. The molecule has 0 saturated heterocycles. The SMILES string of the molecule is CSC(C)c1cn(-c2ccc(S(C)(=O)=O)cc2)c(-c2ccc(Cl)cc2)n1. The second-order valence-corrected chi connectivity index (χ2v) is 9.64. The second-order valence-electron chi connectivity index (χ2n) is 6.01. The number of nitrogens with zero attached hydrogens (tertiary/aromatic N) is 2. The Balaban J connectivity index is 2.13. The van der Waals surface area contributed by atoms with E-state index in [1.54, 1.807) is 36.0 Å².